The second kappa shape index (κ2) is 7.94. The number of rotatable bonds is 3. The van der Waals surface area contributed by atoms with Gasteiger partial charge in [-0.2, -0.15) is 5.10 Å². The van der Waals surface area contributed by atoms with Gasteiger partial charge in [-0.25, -0.2) is 0 Å². The van der Waals surface area contributed by atoms with Gasteiger partial charge >= 0.3 is 11.8 Å². The van der Waals surface area contributed by atoms with E-state index in [9.17, 15) is 9.59 Å². The van der Waals surface area contributed by atoms with Crippen LogP contribution in [0.5, 0.6) is 0 Å². The molecule has 0 unspecified atom stereocenters. The van der Waals surface area contributed by atoms with Gasteiger partial charge in [0.2, 0.25) is 0 Å². The number of nitrogens with zero attached hydrogens (tertiary/aromatic N) is 4. The van der Waals surface area contributed by atoms with Crippen molar-refractivity contribution in [3.05, 3.63) is 48.3 Å². The second-order valence-electron chi connectivity index (χ2n) is 6.32. The Morgan fingerprint density at radius 2 is 1.92 bits per heavy atom. The largest absolute Gasteiger partial charge is 0.333 e. The van der Waals surface area contributed by atoms with Crippen LogP contribution >= 0.6 is 0 Å². The van der Waals surface area contributed by atoms with Crippen LogP contribution in [0.1, 0.15) is 12.0 Å². The average Bonchev–Trinajstić information content (AvgIpc) is 2.92. The zero-order valence-electron chi connectivity index (χ0n) is 14.4. The van der Waals surface area contributed by atoms with Crippen LogP contribution in [0.15, 0.2) is 42.7 Å². The molecule has 0 saturated carbocycles. The van der Waals surface area contributed by atoms with E-state index in [0.29, 0.717) is 25.3 Å². The fourth-order valence-electron chi connectivity index (χ4n) is 2.86. The highest BCUT2D eigenvalue weighted by Crippen LogP contribution is 2.09. The van der Waals surface area contributed by atoms with Gasteiger partial charge in [-0.15, -0.1) is 0 Å². The SMILES string of the molecule is CN1CCCN(C(=O)C(=O)Nc2cnn(Cc3ccccc3)c2)CC1. The molecular formula is C18H23N5O2. The van der Waals surface area contributed by atoms with Crippen LogP contribution in [-0.4, -0.2) is 64.6 Å². The van der Waals surface area contributed by atoms with Crippen molar-refractivity contribution in [3.63, 3.8) is 0 Å². The second-order valence-corrected chi connectivity index (χ2v) is 6.32. The molecule has 0 bridgehead atoms. The Kier molecular flexibility index (Phi) is 5.45. The molecule has 3 rings (SSSR count). The summed E-state index contributed by atoms with van der Waals surface area (Å²) in [5.74, 6) is -1.09. The summed E-state index contributed by atoms with van der Waals surface area (Å²) < 4.78 is 1.73. The number of hydrogen-bond acceptors (Lipinski definition) is 4. The molecule has 1 saturated heterocycles. The fraction of sp³-hybridized carbons (Fsp3) is 0.389. The van der Waals surface area contributed by atoms with E-state index in [1.165, 1.54) is 0 Å². The van der Waals surface area contributed by atoms with E-state index in [1.54, 1.807) is 22.0 Å². The summed E-state index contributed by atoms with van der Waals surface area (Å²) in [6.45, 7) is 3.54. The smallest absolute Gasteiger partial charge is 0.313 e. The molecule has 1 aromatic heterocycles. The lowest BCUT2D eigenvalue weighted by molar-refractivity contribution is -0.143. The Bertz CT molecular complexity index is 728. The number of carbonyl (C=O) groups excluding carboxylic acids is 2. The van der Waals surface area contributed by atoms with Crippen LogP contribution in [-0.2, 0) is 16.1 Å². The third-order valence-corrected chi connectivity index (χ3v) is 4.28. The van der Waals surface area contributed by atoms with E-state index in [-0.39, 0.29) is 0 Å². The molecule has 7 heteroatoms. The van der Waals surface area contributed by atoms with Crippen LogP contribution < -0.4 is 5.32 Å². The lowest BCUT2D eigenvalue weighted by Gasteiger charge is -2.19. The Morgan fingerprint density at radius 3 is 2.72 bits per heavy atom. The van der Waals surface area contributed by atoms with E-state index in [0.717, 1.165) is 25.1 Å². The van der Waals surface area contributed by atoms with Gasteiger partial charge in [0, 0.05) is 25.8 Å². The summed E-state index contributed by atoms with van der Waals surface area (Å²) in [5.41, 5.74) is 1.65. The summed E-state index contributed by atoms with van der Waals surface area (Å²) in [5, 5.41) is 6.88. The Balaban J connectivity index is 1.56. The Labute approximate surface area is 147 Å². The molecule has 132 valence electrons. The number of amides is 2. The minimum absolute atomic E-state index is 0.480. The highest BCUT2D eigenvalue weighted by Gasteiger charge is 2.24. The summed E-state index contributed by atoms with van der Waals surface area (Å²) in [4.78, 5) is 28.3. The first-order valence-electron chi connectivity index (χ1n) is 8.47. The molecular weight excluding hydrogens is 318 g/mol. The van der Waals surface area contributed by atoms with E-state index >= 15 is 0 Å². The molecule has 1 aromatic carbocycles. The molecule has 25 heavy (non-hydrogen) atoms. The molecule has 0 atom stereocenters. The van der Waals surface area contributed by atoms with Crippen LogP contribution in [0.3, 0.4) is 0 Å². The van der Waals surface area contributed by atoms with Crippen molar-refractivity contribution < 1.29 is 9.59 Å². The summed E-state index contributed by atoms with van der Waals surface area (Å²) in [7, 11) is 2.02. The topological polar surface area (TPSA) is 70.5 Å². The Hall–Kier alpha value is -2.67. The fourth-order valence-corrected chi connectivity index (χ4v) is 2.86. The van der Waals surface area contributed by atoms with Gasteiger partial charge in [-0.3, -0.25) is 14.3 Å². The summed E-state index contributed by atoms with van der Waals surface area (Å²) >= 11 is 0. The third-order valence-electron chi connectivity index (χ3n) is 4.28. The molecule has 2 amide bonds. The Morgan fingerprint density at radius 1 is 1.12 bits per heavy atom. The van der Waals surface area contributed by atoms with E-state index in [2.05, 4.69) is 15.3 Å². The molecule has 1 N–H and O–H groups in total. The van der Waals surface area contributed by atoms with Crippen molar-refractivity contribution in [1.29, 1.82) is 0 Å². The summed E-state index contributed by atoms with van der Waals surface area (Å²) in [6, 6.07) is 9.93. The normalized spacial score (nSPS) is 15.6. The van der Waals surface area contributed by atoms with Gasteiger partial charge in [0.05, 0.1) is 18.4 Å². The number of benzene rings is 1. The first-order valence-corrected chi connectivity index (χ1v) is 8.47. The van der Waals surface area contributed by atoms with Crippen molar-refractivity contribution in [3.8, 4) is 0 Å². The molecule has 0 aliphatic carbocycles. The molecule has 1 fully saturated rings. The van der Waals surface area contributed by atoms with Crippen molar-refractivity contribution >= 4 is 17.5 Å². The molecule has 1 aliphatic rings. The quantitative estimate of drug-likeness (QED) is 0.847. The van der Waals surface area contributed by atoms with Crippen molar-refractivity contribution in [2.24, 2.45) is 0 Å². The average molecular weight is 341 g/mol. The molecule has 2 heterocycles. The molecule has 0 spiro atoms. The maximum Gasteiger partial charge on any atom is 0.313 e. The van der Waals surface area contributed by atoms with Gasteiger partial charge in [-0.05, 0) is 25.6 Å². The highest BCUT2D eigenvalue weighted by molar-refractivity contribution is 6.39. The first kappa shape index (κ1) is 17.2. The number of aromatic nitrogens is 2. The van der Waals surface area contributed by atoms with Crippen molar-refractivity contribution in [1.82, 2.24) is 19.6 Å². The predicted octanol–water partition coefficient (Wildman–Crippen LogP) is 1.03. The zero-order valence-corrected chi connectivity index (χ0v) is 14.4. The molecule has 2 aromatic rings. The third kappa shape index (κ3) is 4.67. The van der Waals surface area contributed by atoms with Gasteiger partial charge in [-0.1, -0.05) is 30.3 Å². The van der Waals surface area contributed by atoms with Crippen LogP contribution in [0, 0.1) is 0 Å². The van der Waals surface area contributed by atoms with E-state index in [4.69, 9.17) is 0 Å². The van der Waals surface area contributed by atoms with Crippen LogP contribution in [0.2, 0.25) is 0 Å². The monoisotopic (exact) mass is 341 g/mol. The minimum Gasteiger partial charge on any atom is -0.333 e. The number of likely N-dealkylation sites (N-methyl/N-ethyl adjacent to an activating group) is 1. The maximum absolute atomic E-state index is 12.3. The lowest BCUT2D eigenvalue weighted by Crippen LogP contribution is -2.41. The highest BCUT2D eigenvalue weighted by atomic mass is 16.2. The van der Waals surface area contributed by atoms with Crippen molar-refractivity contribution in [2.75, 3.05) is 38.5 Å². The van der Waals surface area contributed by atoms with E-state index < -0.39 is 11.8 Å². The summed E-state index contributed by atoms with van der Waals surface area (Å²) in [6.07, 6.45) is 4.17. The predicted molar refractivity (Wildman–Crippen MR) is 95.1 cm³/mol. The van der Waals surface area contributed by atoms with Crippen LogP contribution in [0.4, 0.5) is 5.69 Å². The maximum atomic E-state index is 12.3. The van der Waals surface area contributed by atoms with Crippen LogP contribution in [0.25, 0.3) is 0 Å². The van der Waals surface area contributed by atoms with Crippen molar-refractivity contribution in [2.45, 2.75) is 13.0 Å². The standard InChI is InChI=1S/C18H23N5O2/c1-21-8-5-9-22(11-10-21)18(25)17(24)20-16-12-19-23(14-16)13-15-6-3-2-4-7-15/h2-4,6-7,12,14H,5,8-11,13H2,1H3,(H,20,24). The van der Waals surface area contributed by atoms with E-state index in [1.807, 2.05) is 37.4 Å². The van der Waals surface area contributed by atoms with Gasteiger partial charge in [0.1, 0.15) is 0 Å². The molecule has 7 nitrogen and oxygen atoms in total. The molecule has 0 radical (unpaired) electrons. The minimum atomic E-state index is -0.608. The number of carbonyl (C=O) groups is 2. The van der Waals surface area contributed by atoms with Gasteiger partial charge in [0.15, 0.2) is 0 Å². The zero-order chi connectivity index (χ0) is 17.6. The molecule has 1 aliphatic heterocycles. The number of hydrogen-bond donors (Lipinski definition) is 1. The van der Waals surface area contributed by atoms with Gasteiger partial charge < -0.3 is 15.1 Å². The van der Waals surface area contributed by atoms with Gasteiger partial charge in [0.25, 0.3) is 0 Å². The number of anilines is 1. The first-order chi connectivity index (χ1) is 12.1. The number of nitrogens with one attached hydrogen (secondary N) is 1. The lowest BCUT2D eigenvalue weighted by atomic mass is 10.2.